The molecule has 0 bridgehead atoms. The van der Waals surface area contributed by atoms with Gasteiger partial charge in [0.25, 0.3) is 0 Å². The summed E-state index contributed by atoms with van der Waals surface area (Å²) in [7, 11) is -4.94. The van der Waals surface area contributed by atoms with Crippen molar-refractivity contribution in [3.8, 4) is 5.75 Å². The van der Waals surface area contributed by atoms with E-state index in [0.29, 0.717) is 0 Å². The Morgan fingerprint density at radius 3 is 1.89 bits per heavy atom. The molecule has 5 rings (SSSR count). The van der Waals surface area contributed by atoms with Crippen LogP contribution in [0.2, 0.25) is 0 Å². The molecule has 0 fully saturated rings. The zero-order valence-corrected chi connectivity index (χ0v) is 21.4. The van der Waals surface area contributed by atoms with Crippen LogP contribution in [0.4, 0.5) is 0 Å². The highest BCUT2D eigenvalue weighted by Gasteiger charge is 2.24. The Labute approximate surface area is 223 Å². The fourth-order valence-electron chi connectivity index (χ4n) is 4.13. The van der Waals surface area contributed by atoms with E-state index in [0.717, 1.165) is 51.6 Å². The fraction of sp³-hybridized carbons (Fsp3) is 0.0645. The summed E-state index contributed by atoms with van der Waals surface area (Å²) in [5, 5.41) is 0. The van der Waals surface area contributed by atoms with Crippen LogP contribution in [0, 0.1) is 10.2 Å². The van der Waals surface area contributed by atoms with E-state index in [2.05, 4.69) is 90.8 Å². The maximum Gasteiger partial charge on any atom is 0.206 e. The average Bonchev–Trinajstić information content (AvgIpc) is 2.92. The van der Waals surface area contributed by atoms with Crippen molar-refractivity contribution in [1.82, 2.24) is 0 Å². The maximum absolute atomic E-state index is 8.49. The molecule has 7 heteroatoms. The van der Waals surface area contributed by atoms with Crippen LogP contribution < -0.4 is 28.4 Å². The molecule has 0 radical (unpaired) electrons. The molecule has 0 aliphatic carbocycles. The van der Waals surface area contributed by atoms with Gasteiger partial charge in [-0.25, -0.2) is 23.6 Å². The van der Waals surface area contributed by atoms with E-state index in [1.807, 2.05) is 42.5 Å². The molecule has 1 N–H and O–H groups in total. The van der Waals surface area contributed by atoms with Crippen LogP contribution in [0.15, 0.2) is 127 Å². The molecule has 6 nitrogen and oxygen atoms in total. The largest absolute Gasteiger partial charge is 0.456 e. The number of rotatable bonds is 5. The van der Waals surface area contributed by atoms with Crippen LogP contribution in [-0.4, -0.2) is 5.71 Å². The highest BCUT2D eigenvalue weighted by atomic mass is 35.7. The van der Waals surface area contributed by atoms with Crippen LogP contribution in [-0.2, 0) is 6.54 Å². The quantitative estimate of drug-likeness (QED) is 0.387. The standard InChI is InChI=1S/C31H25NO.ClHO4/c1-23-28(27-19-11-12-20-30(27)33-31(23)26-17-9-4-10-18-26)21-29(25-15-7-3-8-16-25)32-22-24-13-5-2-6-14-24;2-1(3,4)5/h2-21H,22H2,1H3;(H,2,3,4,5)/b28-21+,32-29?;. The van der Waals surface area contributed by atoms with Crippen LogP contribution in [0.5, 0.6) is 5.75 Å². The fourth-order valence-corrected chi connectivity index (χ4v) is 4.13. The number of nitrogens with one attached hydrogen (secondary N) is 1. The predicted molar refractivity (Wildman–Crippen MR) is 136 cm³/mol. The molecule has 0 amide bonds. The number of fused-ring (bicyclic) bond motifs is 1. The second-order valence-corrected chi connectivity index (χ2v) is 9.23. The Bertz CT molecular complexity index is 1440. The average molecular weight is 528 g/mol. The summed E-state index contributed by atoms with van der Waals surface area (Å²) < 4.78 is 40.4. The highest BCUT2D eigenvalue weighted by molar-refractivity contribution is 6.12. The Kier molecular flexibility index (Phi) is 8.86. The third-order valence-electron chi connectivity index (χ3n) is 5.87. The van der Waals surface area contributed by atoms with Gasteiger partial charge in [0.1, 0.15) is 11.5 Å². The second kappa shape index (κ2) is 12.5. The lowest BCUT2D eigenvalue weighted by Gasteiger charge is -2.24. The van der Waals surface area contributed by atoms with Crippen molar-refractivity contribution in [2.45, 2.75) is 13.5 Å². The number of hydrogen-bond acceptors (Lipinski definition) is 5. The van der Waals surface area contributed by atoms with Crippen LogP contribution in [0.3, 0.4) is 0 Å². The van der Waals surface area contributed by atoms with Crippen molar-refractivity contribution in [3.05, 3.63) is 149 Å². The Hall–Kier alpha value is -4.04. The highest BCUT2D eigenvalue weighted by Crippen LogP contribution is 2.41. The van der Waals surface area contributed by atoms with Gasteiger partial charge in [0.2, 0.25) is 5.71 Å². The van der Waals surface area contributed by atoms with Gasteiger partial charge in [-0.1, -0.05) is 97.1 Å². The summed E-state index contributed by atoms with van der Waals surface area (Å²) in [6, 6.07) is 39.6. The molecule has 38 heavy (non-hydrogen) atoms. The number of ether oxygens (including phenoxy) is 1. The van der Waals surface area contributed by atoms with Gasteiger partial charge in [-0.15, -0.1) is 10.2 Å². The zero-order chi connectivity index (χ0) is 27.0. The molecule has 0 atom stereocenters. The minimum atomic E-state index is -4.94. The first kappa shape index (κ1) is 27.0. The topological polar surface area (TPSA) is 115 Å². The first-order valence-corrected chi connectivity index (χ1v) is 13.1. The summed E-state index contributed by atoms with van der Waals surface area (Å²) in [6.07, 6.45) is 2.26. The van der Waals surface area contributed by atoms with Gasteiger partial charge in [-0.2, -0.15) is 0 Å². The van der Waals surface area contributed by atoms with E-state index in [-0.39, 0.29) is 0 Å². The van der Waals surface area contributed by atoms with Crippen molar-refractivity contribution in [1.29, 1.82) is 0 Å². The van der Waals surface area contributed by atoms with Crippen molar-refractivity contribution < 1.29 is 38.6 Å². The second-order valence-electron chi connectivity index (χ2n) is 8.47. The molecule has 1 aliphatic rings. The molecule has 0 saturated heterocycles. The molecule has 0 spiro atoms. The summed E-state index contributed by atoms with van der Waals surface area (Å²) >= 11 is 0. The lowest BCUT2D eigenvalue weighted by atomic mass is 9.91. The molecular formula is C31H26ClNO5. The van der Waals surface area contributed by atoms with Gasteiger partial charge in [0.15, 0.2) is 6.54 Å². The molecular weight excluding hydrogens is 502 g/mol. The molecule has 4 aromatic carbocycles. The zero-order valence-electron chi connectivity index (χ0n) is 20.7. The Morgan fingerprint density at radius 2 is 1.26 bits per heavy atom. The monoisotopic (exact) mass is 527 g/mol. The van der Waals surface area contributed by atoms with E-state index >= 15 is 0 Å². The minimum Gasteiger partial charge on any atom is -0.456 e. The van der Waals surface area contributed by atoms with E-state index in [9.17, 15) is 0 Å². The molecule has 1 aliphatic heterocycles. The summed E-state index contributed by atoms with van der Waals surface area (Å²) in [5.41, 5.74) is 7.94. The van der Waals surface area contributed by atoms with Gasteiger partial charge in [0, 0.05) is 33.9 Å². The summed E-state index contributed by atoms with van der Waals surface area (Å²) in [5.74, 6) is 1.78. The van der Waals surface area contributed by atoms with Crippen molar-refractivity contribution in [3.63, 3.8) is 0 Å². The third kappa shape index (κ3) is 7.49. The summed E-state index contributed by atoms with van der Waals surface area (Å²) in [4.78, 5) is 3.68. The maximum atomic E-state index is 8.49. The lowest BCUT2D eigenvalue weighted by Crippen LogP contribution is -2.71. The van der Waals surface area contributed by atoms with E-state index in [1.165, 1.54) is 5.56 Å². The number of para-hydroxylation sites is 1. The molecule has 0 unspecified atom stereocenters. The first-order valence-electron chi connectivity index (χ1n) is 11.9. The van der Waals surface area contributed by atoms with E-state index in [4.69, 9.17) is 23.4 Å². The van der Waals surface area contributed by atoms with Gasteiger partial charge in [-0.05, 0) is 30.7 Å². The number of allylic oxidation sites excluding steroid dienone is 3. The molecule has 1 heterocycles. The number of benzene rings is 4. The SMILES string of the molecule is CC1=C(c2ccccc2)Oc2ccccc2/C1=C/C(=[NH+]Cc1ccccc1)c1ccccc1.[O-][Cl+3]([O-])([O-])[O-]. The van der Waals surface area contributed by atoms with Crippen molar-refractivity contribution in [2.75, 3.05) is 0 Å². The normalized spacial score (nSPS) is 14.3. The van der Waals surface area contributed by atoms with Crippen molar-refractivity contribution in [2.24, 2.45) is 0 Å². The van der Waals surface area contributed by atoms with Gasteiger partial charge >= 0.3 is 0 Å². The molecule has 0 aromatic heterocycles. The van der Waals surface area contributed by atoms with E-state index < -0.39 is 10.2 Å². The summed E-state index contributed by atoms with van der Waals surface area (Å²) in [6.45, 7) is 2.89. The number of hydrogen-bond donors (Lipinski definition) is 1. The Morgan fingerprint density at radius 1 is 0.737 bits per heavy atom. The van der Waals surface area contributed by atoms with Gasteiger partial charge in [-0.3, -0.25) is 0 Å². The van der Waals surface area contributed by atoms with Gasteiger partial charge < -0.3 is 4.74 Å². The lowest BCUT2D eigenvalue weighted by molar-refractivity contribution is -2.00. The van der Waals surface area contributed by atoms with Crippen LogP contribution in [0.1, 0.15) is 29.2 Å². The van der Waals surface area contributed by atoms with Gasteiger partial charge in [0.05, 0.1) is 0 Å². The first-order chi connectivity index (χ1) is 18.3. The Balaban J connectivity index is 0.000000617. The van der Waals surface area contributed by atoms with Crippen LogP contribution in [0.25, 0.3) is 11.3 Å². The van der Waals surface area contributed by atoms with E-state index in [1.54, 1.807) is 0 Å². The predicted octanol–water partition coefficient (Wildman–Crippen LogP) is 0.908. The molecule has 0 saturated carbocycles. The third-order valence-corrected chi connectivity index (χ3v) is 5.87. The van der Waals surface area contributed by atoms with Crippen molar-refractivity contribution >= 4 is 17.0 Å². The number of halogens is 1. The minimum absolute atomic E-state index is 0.751. The molecule has 192 valence electrons. The van der Waals surface area contributed by atoms with Crippen LogP contribution >= 0.6 is 0 Å². The smallest absolute Gasteiger partial charge is 0.206 e. The molecule has 4 aromatic rings.